The van der Waals surface area contributed by atoms with Crippen LogP contribution in [0, 0.1) is 4.91 Å². The lowest BCUT2D eigenvalue weighted by Crippen LogP contribution is -2.25. The average Bonchev–Trinajstić information content (AvgIpc) is 2.69. The summed E-state index contributed by atoms with van der Waals surface area (Å²) in [5, 5.41) is 2.02. The number of thioether (sulfide) groups is 1. The average molecular weight is 220 g/mol. The van der Waals surface area contributed by atoms with Gasteiger partial charge in [0.25, 0.3) is 0 Å². The molecule has 3 aliphatic rings. The number of fused-ring (bicyclic) bond motifs is 1. The molecule has 4 nitrogen and oxygen atoms in total. The minimum atomic E-state index is -0.0958. The lowest BCUT2D eigenvalue weighted by atomic mass is 10.2. The van der Waals surface area contributed by atoms with Gasteiger partial charge in [-0.25, -0.2) is 0 Å². The minimum Gasteiger partial charge on any atom is -0.252 e. The van der Waals surface area contributed by atoms with Gasteiger partial charge in [-0.1, -0.05) is 4.91 Å². The van der Waals surface area contributed by atoms with Crippen molar-refractivity contribution in [3.05, 3.63) is 27.4 Å². The van der Waals surface area contributed by atoms with Crippen molar-refractivity contribution < 1.29 is 4.76 Å². The molecule has 76 valence electrons. The van der Waals surface area contributed by atoms with E-state index in [0.29, 0.717) is 5.82 Å². The second-order valence-corrected chi connectivity index (χ2v) is 4.57. The normalized spacial score (nSPS) is 28.7. The third-order valence-electron chi connectivity index (χ3n) is 2.70. The van der Waals surface area contributed by atoms with E-state index in [1.165, 1.54) is 0 Å². The van der Waals surface area contributed by atoms with Gasteiger partial charge in [0.15, 0.2) is 6.04 Å². The third-order valence-corrected chi connectivity index (χ3v) is 3.65. The molecular formula is C10H10N3OS+. The molecule has 0 radical (unpaired) electrons. The van der Waals surface area contributed by atoms with E-state index >= 15 is 0 Å². The van der Waals surface area contributed by atoms with Crippen LogP contribution < -0.4 is 0 Å². The highest BCUT2D eigenvalue weighted by molar-refractivity contribution is 8.02. The van der Waals surface area contributed by atoms with E-state index in [2.05, 4.69) is 9.98 Å². The van der Waals surface area contributed by atoms with Gasteiger partial charge < -0.3 is 0 Å². The Morgan fingerprint density at radius 1 is 1.47 bits per heavy atom. The number of rotatable bonds is 0. The second-order valence-electron chi connectivity index (χ2n) is 3.67. The van der Waals surface area contributed by atoms with Gasteiger partial charge in [0.1, 0.15) is 11.9 Å². The molecule has 0 fully saturated rings. The molecule has 5 heteroatoms. The van der Waals surface area contributed by atoms with Gasteiger partial charge in [0, 0.05) is 30.4 Å². The maximum atomic E-state index is 12.1. The number of aliphatic imine (C=N–C) groups is 2. The summed E-state index contributed by atoms with van der Waals surface area (Å²) in [4.78, 5) is 20.6. The first kappa shape index (κ1) is 9.03. The molecule has 0 bridgehead atoms. The number of allylic oxidation sites excluding steroid dienone is 1. The van der Waals surface area contributed by atoms with Gasteiger partial charge in [-0.3, -0.25) is 4.99 Å². The Bertz CT molecular complexity index is 448. The van der Waals surface area contributed by atoms with Crippen LogP contribution in [0.5, 0.6) is 0 Å². The summed E-state index contributed by atoms with van der Waals surface area (Å²) in [6.45, 7) is 0. The standard InChI is InChI=1S/C10H10N3OS/c14-13-9-6-15-5-7(9)4-12-8-2-1-3-11-10(8)13/h3-5,9H,1-2,6H2/q+1. The van der Waals surface area contributed by atoms with Crippen LogP contribution in [-0.4, -0.2) is 29.0 Å². The molecule has 0 aliphatic carbocycles. The van der Waals surface area contributed by atoms with Crippen molar-refractivity contribution in [1.82, 2.24) is 0 Å². The lowest BCUT2D eigenvalue weighted by Gasteiger charge is -2.05. The number of nitrogens with zero attached hydrogens (tertiary/aromatic N) is 3. The zero-order chi connectivity index (χ0) is 10.3. The SMILES string of the molecule is O=[N+]1C2=C(CCC=N2)N=CC2=CSCC21. The summed E-state index contributed by atoms with van der Waals surface area (Å²) < 4.78 is 1.02. The van der Waals surface area contributed by atoms with E-state index in [4.69, 9.17) is 0 Å². The first-order valence-electron chi connectivity index (χ1n) is 4.94. The van der Waals surface area contributed by atoms with E-state index in [9.17, 15) is 4.91 Å². The summed E-state index contributed by atoms with van der Waals surface area (Å²) in [6.07, 6.45) is 5.32. The van der Waals surface area contributed by atoms with Gasteiger partial charge >= 0.3 is 5.82 Å². The molecule has 0 aromatic heterocycles. The van der Waals surface area contributed by atoms with Crippen LogP contribution in [0.25, 0.3) is 0 Å². The predicted molar refractivity (Wildman–Crippen MR) is 61.2 cm³/mol. The van der Waals surface area contributed by atoms with Gasteiger partial charge in [-0.2, -0.15) is 0 Å². The maximum Gasteiger partial charge on any atom is 0.382 e. The molecular weight excluding hydrogens is 210 g/mol. The fraction of sp³-hybridized carbons (Fsp3) is 0.400. The van der Waals surface area contributed by atoms with E-state index in [0.717, 1.165) is 34.6 Å². The van der Waals surface area contributed by atoms with Gasteiger partial charge in [0.05, 0.1) is 0 Å². The van der Waals surface area contributed by atoms with E-state index in [-0.39, 0.29) is 6.04 Å². The molecule has 0 aromatic rings. The molecule has 15 heavy (non-hydrogen) atoms. The highest BCUT2D eigenvalue weighted by Crippen LogP contribution is 2.31. The van der Waals surface area contributed by atoms with Crippen LogP contribution >= 0.6 is 11.8 Å². The largest absolute Gasteiger partial charge is 0.382 e. The van der Waals surface area contributed by atoms with Crippen molar-refractivity contribution in [2.45, 2.75) is 18.9 Å². The molecule has 1 atom stereocenters. The molecule has 0 amide bonds. The summed E-state index contributed by atoms with van der Waals surface area (Å²) in [5.74, 6) is 1.31. The molecule has 3 rings (SSSR count). The quantitative estimate of drug-likeness (QED) is 0.585. The molecule has 0 saturated carbocycles. The monoisotopic (exact) mass is 220 g/mol. The highest BCUT2D eigenvalue weighted by atomic mass is 32.2. The zero-order valence-corrected chi connectivity index (χ0v) is 8.91. The van der Waals surface area contributed by atoms with E-state index < -0.39 is 0 Å². The Morgan fingerprint density at radius 3 is 3.33 bits per heavy atom. The fourth-order valence-corrected chi connectivity index (χ4v) is 2.89. The molecule has 0 saturated heterocycles. The van der Waals surface area contributed by atoms with E-state index in [1.54, 1.807) is 18.0 Å². The van der Waals surface area contributed by atoms with Crippen molar-refractivity contribution in [1.29, 1.82) is 0 Å². The predicted octanol–water partition coefficient (Wildman–Crippen LogP) is 1.88. The van der Waals surface area contributed by atoms with Crippen LogP contribution in [0.2, 0.25) is 0 Å². The van der Waals surface area contributed by atoms with E-state index in [1.807, 2.05) is 11.6 Å². The Morgan fingerprint density at radius 2 is 2.40 bits per heavy atom. The van der Waals surface area contributed by atoms with Crippen molar-refractivity contribution >= 4 is 24.2 Å². The first-order chi connectivity index (χ1) is 7.36. The van der Waals surface area contributed by atoms with Crippen LogP contribution in [-0.2, 0) is 0 Å². The fourth-order valence-electron chi connectivity index (χ4n) is 1.87. The van der Waals surface area contributed by atoms with Crippen molar-refractivity contribution in [3.8, 4) is 0 Å². The lowest BCUT2D eigenvalue weighted by molar-refractivity contribution is -0.524. The molecule has 0 N–H and O–H groups in total. The third kappa shape index (κ3) is 1.38. The molecule has 3 aliphatic heterocycles. The van der Waals surface area contributed by atoms with Crippen LogP contribution in [0.3, 0.4) is 0 Å². The van der Waals surface area contributed by atoms with Gasteiger partial charge in [0.2, 0.25) is 0 Å². The summed E-state index contributed by atoms with van der Waals surface area (Å²) >= 11 is 1.66. The highest BCUT2D eigenvalue weighted by Gasteiger charge is 2.37. The Hall–Kier alpha value is -1.23. The first-order valence-corrected chi connectivity index (χ1v) is 5.99. The van der Waals surface area contributed by atoms with Crippen molar-refractivity contribution in [3.63, 3.8) is 0 Å². The molecule has 3 heterocycles. The van der Waals surface area contributed by atoms with Gasteiger partial charge in [-0.15, -0.1) is 11.8 Å². The van der Waals surface area contributed by atoms with Crippen LogP contribution in [0.1, 0.15) is 12.8 Å². The summed E-state index contributed by atoms with van der Waals surface area (Å²) in [6, 6.07) is -0.0958. The smallest absolute Gasteiger partial charge is 0.252 e. The Labute approximate surface area is 91.4 Å². The van der Waals surface area contributed by atoms with Crippen molar-refractivity contribution in [2.75, 3.05) is 5.75 Å². The van der Waals surface area contributed by atoms with Gasteiger partial charge in [-0.05, 0) is 15.2 Å². The molecule has 1 unspecified atom stereocenters. The summed E-state index contributed by atoms with van der Waals surface area (Å²) in [5.41, 5.74) is 1.84. The Balaban J connectivity index is 2.08. The molecule has 0 spiro atoms. The topological polar surface area (TPSA) is 44.8 Å². The number of hydrogen-bond donors (Lipinski definition) is 0. The summed E-state index contributed by atoms with van der Waals surface area (Å²) in [7, 11) is 0. The maximum absolute atomic E-state index is 12.1. The molecule has 0 aromatic carbocycles. The van der Waals surface area contributed by atoms with Crippen LogP contribution in [0.15, 0.2) is 32.5 Å². The zero-order valence-electron chi connectivity index (χ0n) is 8.09. The van der Waals surface area contributed by atoms with Crippen molar-refractivity contribution in [2.24, 2.45) is 9.98 Å². The van der Waals surface area contributed by atoms with Crippen LogP contribution in [0.4, 0.5) is 0 Å². The second kappa shape index (κ2) is 3.41. The minimum absolute atomic E-state index is 0.0958. The number of hydrogen-bond acceptors (Lipinski definition) is 4. The Kier molecular flexibility index (Phi) is 2.05. The number of nitroso groups, excluding NO2 is 1.